The van der Waals surface area contributed by atoms with Crippen LogP contribution in [0.3, 0.4) is 0 Å². The maximum absolute atomic E-state index is 13.0. The van der Waals surface area contributed by atoms with Gasteiger partial charge in [0.2, 0.25) is 5.91 Å². The summed E-state index contributed by atoms with van der Waals surface area (Å²) in [5.41, 5.74) is 3.92. The van der Waals surface area contributed by atoms with Crippen LogP contribution in [-0.4, -0.2) is 29.8 Å². The molecule has 0 aliphatic heterocycles. The van der Waals surface area contributed by atoms with E-state index in [9.17, 15) is 9.59 Å². The van der Waals surface area contributed by atoms with Gasteiger partial charge in [0.1, 0.15) is 24.7 Å². The van der Waals surface area contributed by atoms with Crippen LogP contribution in [0, 0.1) is 20.8 Å². The van der Waals surface area contributed by atoms with Crippen LogP contribution in [0.2, 0.25) is 0 Å². The van der Waals surface area contributed by atoms with E-state index in [-0.39, 0.29) is 30.7 Å². The zero-order chi connectivity index (χ0) is 23.1. The molecule has 6 heteroatoms. The molecular weight excluding hydrogens is 404 g/mol. The molecule has 0 saturated carbocycles. The molecule has 1 aromatic heterocycles. The number of aryl methyl sites for hydroxylation is 3. The number of furan rings is 1. The third kappa shape index (κ3) is 6.00. The normalized spacial score (nSPS) is 10.6. The zero-order valence-electron chi connectivity index (χ0n) is 19.1. The molecule has 1 heterocycles. The fraction of sp³-hybridized carbons (Fsp3) is 0.308. The minimum atomic E-state index is -0.315. The maximum Gasteiger partial charge on any atom is 0.290 e. The van der Waals surface area contributed by atoms with Crippen LogP contribution < -0.4 is 10.1 Å². The Hall–Kier alpha value is -3.54. The topological polar surface area (TPSA) is 71.8 Å². The van der Waals surface area contributed by atoms with Crippen LogP contribution in [0.25, 0.3) is 0 Å². The van der Waals surface area contributed by atoms with Crippen molar-refractivity contribution in [3.8, 4) is 5.75 Å². The Morgan fingerprint density at radius 2 is 1.78 bits per heavy atom. The van der Waals surface area contributed by atoms with Crippen molar-refractivity contribution in [1.29, 1.82) is 0 Å². The monoisotopic (exact) mass is 434 g/mol. The van der Waals surface area contributed by atoms with Gasteiger partial charge in [0.05, 0.1) is 0 Å². The molecule has 0 radical (unpaired) electrons. The van der Waals surface area contributed by atoms with Crippen LogP contribution in [0.15, 0.2) is 59.0 Å². The number of anilines is 1. The van der Waals surface area contributed by atoms with Crippen molar-refractivity contribution in [1.82, 2.24) is 4.90 Å². The van der Waals surface area contributed by atoms with Crippen LogP contribution in [0.4, 0.5) is 5.69 Å². The predicted octanol–water partition coefficient (Wildman–Crippen LogP) is 5.27. The van der Waals surface area contributed by atoms with Gasteiger partial charge in [-0.15, -0.1) is 0 Å². The van der Waals surface area contributed by atoms with E-state index in [2.05, 4.69) is 11.4 Å². The summed E-state index contributed by atoms with van der Waals surface area (Å²) >= 11 is 0. The van der Waals surface area contributed by atoms with Gasteiger partial charge in [0.25, 0.3) is 5.91 Å². The summed E-state index contributed by atoms with van der Waals surface area (Å²) < 4.78 is 11.6. The van der Waals surface area contributed by atoms with Gasteiger partial charge in [-0.1, -0.05) is 42.8 Å². The molecule has 0 fully saturated rings. The molecule has 2 aromatic carbocycles. The number of hydrogen-bond acceptors (Lipinski definition) is 4. The standard InChI is InChI=1S/C26H30N2O4/c1-5-14-28(16-25(29)27-22-9-7-6-8-19(22)3)26(30)24-13-11-21(32-24)17-31-23-12-10-18(2)15-20(23)4/h6-13,15H,5,14,16-17H2,1-4H3,(H,27,29). The van der Waals surface area contributed by atoms with E-state index in [0.29, 0.717) is 12.3 Å². The second-order valence-corrected chi connectivity index (χ2v) is 7.91. The van der Waals surface area contributed by atoms with E-state index in [0.717, 1.165) is 29.0 Å². The van der Waals surface area contributed by atoms with Crippen molar-refractivity contribution in [2.24, 2.45) is 0 Å². The number of carbonyl (C=O) groups excluding carboxylic acids is 2. The minimum Gasteiger partial charge on any atom is -0.485 e. The smallest absolute Gasteiger partial charge is 0.290 e. The van der Waals surface area contributed by atoms with Crippen LogP contribution in [0.5, 0.6) is 5.75 Å². The molecule has 168 valence electrons. The molecule has 3 rings (SSSR count). The lowest BCUT2D eigenvalue weighted by molar-refractivity contribution is -0.116. The number of nitrogens with zero attached hydrogens (tertiary/aromatic N) is 1. The van der Waals surface area contributed by atoms with Gasteiger partial charge in [0, 0.05) is 12.2 Å². The van der Waals surface area contributed by atoms with Crippen LogP contribution in [0.1, 0.15) is 46.3 Å². The Bertz CT molecular complexity index is 1090. The highest BCUT2D eigenvalue weighted by Crippen LogP contribution is 2.21. The van der Waals surface area contributed by atoms with Crippen molar-refractivity contribution in [2.45, 2.75) is 40.7 Å². The molecule has 2 amide bonds. The average molecular weight is 435 g/mol. The van der Waals surface area contributed by atoms with Crippen LogP contribution in [-0.2, 0) is 11.4 Å². The molecular formula is C26H30N2O4. The highest BCUT2D eigenvalue weighted by Gasteiger charge is 2.21. The van der Waals surface area contributed by atoms with Gasteiger partial charge < -0.3 is 19.4 Å². The SMILES string of the molecule is CCCN(CC(=O)Nc1ccccc1C)C(=O)c1ccc(COc2ccc(C)cc2C)o1. The number of amides is 2. The summed E-state index contributed by atoms with van der Waals surface area (Å²) in [5, 5.41) is 2.87. The first kappa shape index (κ1) is 23.1. The third-order valence-electron chi connectivity index (χ3n) is 5.11. The van der Waals surface area contributed by atoms with Crippen molar-refractivity contribution in [3.63, 3.8) is 0 Å². The fourth-order valence-corrected chi connectivity index (χ4v) is 3.43. The highest BCUT2D eigenvalue weighted by molar-refractivity contribution is 5.98. The van der Waals surface area contributed by atoms with Crippen molar-refractivity contribution >= 4 is 17.5 Å². The van der Waals surface area contributed by atoms with E-state index < -0.39 is 0 Å². The fourth-order valence-electron chi connectivity index (χ4n) is 3.43. The second kappa shape index (κ2) is 10.7. The molecule has 0 atom stereocenters. The Labute approximate surface area is 189 Å². The third-order valence-corrected chi connectivity index (χ3v) is 5.11. The summed E-state index contributed by atoms with van der Waals surface area (Å²) in [6.45, 7) is 8.54. The first-order valence-corrected chi connectivity index (χ1v) is 10.8. The van der Waals surface area contributed by atoms with Crippen molar-refractivity contribution < 1.29 is 18.7 Å². The van der Waals surface area contributed by atoms with Gasteiger partial charge in [-0.05, 0) is 62.6 Å². The molecule has 3 aromatic rings. The van der Waals surface area contributed by atoms with E-state index in [1.807, 2.05) is 64.1 Å². The number of hydrogen-bond donors (Lipinski definition) is 1. The summed E-state index contributed by atoms with van der Waals surface area (Å²) in [4.78, 5) is 27.0. The average Bonchev–Trinajstić information content (AvgIpc) is 3.23. The second-order valence-electron chi connectivity index (χ2n) is 7.91. The van der Waals surface area contributed by atoms with E-state index >= 15 is 0 Å². The maximum atomic E-state index is 13.0. The van der Waals surface area contributed by atoms with Gasteiger partial charge in [-0.2, -0.15) is 0 Å². The highest BCUT2D eigenvalue weighted by atomic mass is 16.5. The predicted molar refractivity (Wildman–Crippen MR) is 125 cm³/mol. The molecule has 0 unspecified atom stereocenters. The van der Waals surface area contributed by atoms with E-state index in [1.165, 1.54) is 10.5 Å². The Balaban J connectivity index is 1.62. The van der Waals surface area contributed by atoms with E-state index in [1.54, 1.807) is 12.1 Å². The number of carbonyl (C=O) groups is 2. The number of rotatable bonds is 9. The minimum absolute atomic E-state index is 0.0455. The lowest BCUT2D eigenvalue weighted by atomic mass is 10.1. The Kier molecular flexibility index (Phi) is 7.71. The van der Waals surface area contributed by atoms with Gasteiger partial charge >= 0.3 is 0 Å². The molecule has 0 spiro atoms. The summed E-state index contributed by atoms with van der Waals surface area (Å²) in [6.07, 6.45) is 0.729. The molecule has 0 aliphatic rings. The quantitative estimate of drug-likeness (QED) is 0.498. The number of ether oxygens (including phenoxy) is 1. The van der Waals surface area contributed by atoms with E-state index in [4.69, 9.17) is 9.15 Å². The summed E-state index contributed by atoms with van der Waals surface area (Å²) in [7, 11) is 0. The molecule has 0 bridgehead atoms. The molecule has 32 heavy (non-hydrogen) atoms. The summed E-state index contributed by atoms with van der Waals surface area (Å²) in [6, 6.07) is 16.9. The molecule has 1 N–H and O–H groups in total. The largest absolute Gasteiger partial charge is 0.485 e. The summed E-state index contributed by atoms with van der Waals surface area (Å²) in [5.74, 6) is 0.964. The van der Waals surface area contributed by atoms with Gasteiger partial charge in [-0.3, -0.25) is 9.59 Å². The zero-order valence-corrected chi connectivity index (χ0v) is 19.1. The van der Waals surface area contributed by atoms with Crippen molar-refractivity contribution in [3.05, 3.63) is 82.8 Å². The Morgan fingerprint density at radius 3 is 2.50 bits per heavy atom. The first-order chi connectivity index (χ1) is 15.4. The lowest BCUT2D eigenvalue weighted by Gasteiger charge is -2.20. The lowest BCUT2D eigenvalue weighted by Crippen LogP contribution is -2.38. The molecule has 6 nitrogen and oxygen atoms in total. The first-order valence-electron chi connectivity index (χ1n) is 10.8. The van der Waals surface area contributed by atoms with Gasteiger partial charge in [0.15, 0.2) is 5.76 Å². The number of para-hydroxylation sites is 1. The molecule has 0 saturated heterocycles. The molecule has 0 aliphatic carbocycles. The van der Waals surface area contributed by atoms with Gasteiger partial charge in [-0.25, -0.2) is 0 Å². The van der Waals surface area contributed by atoms with Crippen molar-refractivity contribution in [2.75, 3.05) is 18.4 Å². The van der Waals surface area contributed by atoms with Crippen LogP contribution >= 0.6 is 0 Å². The Morgan fingerprint density at radius 1 is 1.00 bits per heavy atom. The number of benzene rings is 2. The number of nitrogens with one attached hydrogen (secondary N) is 1.